The molecule has 1 saturated carbocycles. The third-order valence-corrected chi connectivity index (χ3v) is 6.83. The van der Waals surface area contributed by atoms with Gasteiger partial charge in [0.1, 0.15) is 29.6 Å². The van der Waals surface area contributed by atoms with Crippen LogP contribution in [0.25, 0.3) is 39.6 Å². The van der Waals surface area contributed by atoms with Gasteiger partial charge in [-0.1, -0.05) is 24.3 Å². The van der Waals surface area contributed by atoms with Crippen molar-refractivity contribution < 1.29 is 13.2 Å². The number of alkyl halides is 3. The number of benzene rings is 1. The van der Waals surface area contributed by atoms with Crippen LogP contribution in [0.4, 0.5) is 13.2 Å². The van der Waals surface area contributed by atoms with Gasteiger partial charge < -0.3 is 9.13 Å². The summed E-state index contributed by atoms with van der Waals surface area (Å²) in [7, 11) is 1.55. The Labute approximate surface area is 213 Å². The van der Waals surface area contributed by atoms with Gasteiger partial charge in [0.2, 0.25) is 0 Å². The summed E-state index contributed by atoms with van der Waals surface area (Å²) in [6.07, 6.45) is 7.31. The molecule has 1 fully saturated rings. The van der Waals surface area contributed by atoms with Crippen molar-refractivity contribution in [3.05, 3.63) is 78.7 Å². The monoisotopic (exact) mass is 515 g/mol. The van der Waals surface area contributed by atoms with Crippen molar-refractivity contribution in [1.29, 1.82) is 0 Å². The summed E-state index contributed by atoms with van der Waals surface area (Å²) >= 11 is 0. The lowest BCUT2D eigenvalue weighted by molar-refractivity contribution is -0.140. The normalized spacial score (nSPS) is 14.1. The summed E-state index contributed by atoms with van der Waals surface area (Å²) in [6, 6.07) is 7.32. The average Bonchev–Trinajstić information content (AvgIpc) is 3.39. The number of aromatic nitrogens is 9. The van der Waals surface area contributed by atoms with Crippen LogP contribution in [0.2, 0.25) is 0 Å². The molecule has 0 atom stereocenters. The number of fused-ring (bicyclic) bond motifs is 3. The molecule has 5 aromatic heterocycles. The Bertz CT molecular complexity index is 1810. The average molecular weight is 516 g/mol. The minimum atomic E-state index is -4.49. The second-order valence-electron chi connectivity index (χ2n) is 9.46. The number of rotatable bonds is 5. The van der Waals surface area contributed by atoms with Crippen LogP contribution in [-0.4, -0.2) is 43.4 Å². The van der Waals surface area contributed by atoms with Gasteiger partial charge in [0.05, 0.1) is 30.2 Å². The fourth-order valence-electron chi connectivity index (χ4n) is 4.81. The van der Waals surface area contributed by atoms with E-state index in [1.165, 1.54) is 4.57 Å². The number of halogens is 3. The Morgan fingerprint density at radius 1 is 0.974 bits per heavy atom. The van der Waals surface area contributed by atoms with E-state index < -0.39 is 11.9 Å². The SMILES string of the molecule is Cn1cc(C(F)(F)F)nc1-c1ccc(Cn2c3nc(-c4cncnc4C4CC4)ncc3n3cncc23)cc1. The molecule has 0 unspecified atom stereocenters. The molecule has 5 heterocycles. The number of nitrogens with zero attached hydrogens (tertiary/aromatic N) is 9. The summed E-state index contributed by atoms with van der Waals surface area (Å²) in [5.41, 5.74) is 4.85. The van der Waals surface area contributed by atoms with Gasteiger partial charge in [-0.05, 0) is 18.4 Å². The molecule has 0 N–H and O–H groups in total. The van der Waals surface area contributed by atoms with Gasteiger partial charge >= 0.3 is 6.18 Å². The number of hydrogen-bond donors (Lipinski definition) is 0. The molecule has 7 rings (SSSR count). The van der Waals surface area contributed by atoms with Crippen LogP contribution in [-0.2, 0) is 19.8 Å². The summed E-state index contributed by atoms with van der Waals surface area (Å²) in [5, 5.41) is 0. The van der Waals surface area contributed by atoms with E-state index in [1.807, 2.05) is 21.1 Å². The fourth-order valence-corrected chi connectivity index (χ4v) is 4.81. The molecule has 1 aliphatic carbocycles. The zero-order chi connectivity index (χ0) is 26.0. The first-order chi connectivity index (χ1) is 18.4. The molecule has 190 valence electrons. The maximum atomic E-state index is 13.1. The quantitative estimate of drug-likeness (QED) is 0.325. The lowest BCUT2D eigenvalue weighted by Crippen LogP contribution is -2.05. The minimum absolute atomic E-state index is 0.252. The summed E-state index contributed by atoms with van der Waals surface area (Å²) < 4.78 is 44.7. The van der Waals surface area contributed by atoms with Crippen molar-refractivity contribution in [2.45, 2.75) is 31.5 Å². The summed E-state index contributed by atoms with van der Waals surface area (Å²) in [4.78, 5) is 26.3. The highest BCUT2D eigenvalue weighted by Crippen LogP contribution is 2.42. The standard InChI is InChI=1S/C26H20F3N9/c1-36-12-20(26(27,28)29)34-24(36)17-4-2-15(3-5-17)11-37-21-10-31-14-38(21)19-9-32-23(35-25(19)37)18-8-30-13-33-22(18)16-6-7-16/h2-5,8-10,12-14,16H,6-7,11H2,1H3. The molecular formula is C26H20F3N9. The van der Waals surface area contributed by atoms with Gasteiger partial charge in [0, 0.05) is 30.9 Å². The van der Waals surface area contributed by atoms with Crippen molar-refractivity contribution in [3.63, 3.8) is 0 Å². The zero-order valence-corrected chi connectivity index (χ0v) is 20.1. The van der Waals surface area contributed by atoms with E-state index >= 15 is 0 Å². The Hall–Kier alpha value is -4.61. The predicted octanol–water partition coefficient (Wildman–Crippen LogP) is 4.88. The Balaban J connectivity index is 1.27. The molecule has 9 nitrogen and oxygen atoms in total. The molecule has 6 aromatic rings. The molecule has 0 spiro atoms. The van der Waals surface area contributed by atoms with Gasteiger partial charge in [0.25, 0.3) is 0 Å². The molecular weight excluding hydrogens is 495 g/mol. The van der Waals surface area contributed by atoms with Gasteiger partial charge in [-0.15, -0.1) is 0 Å². The van der Waals surface area contributed by atoms with E-state index in [2.05, 4.69) is 24.9 Å². The smallest absolute Gasteiger partial charge is 0.333 e. The second-order valence-corrected chi connectivity index (χ2v) is 9.46. The van der Waals surface area contributed by atoms with E-state index in [4.69, 9.17) is 4.98 Å². The number of imidazole rings is 3. The molecule has 1 aliphatic rings. The zero-order valence-electron chi connectivity index (χ0n) is 20.1. The van der Waals surface area contributed by atoms with Gasteiger partial charge in [-0.3, -0.25) is 4.40 Å². The second kappa shape index (κ2) is 8.20. The predicted molar refractivity (Wildman–Crippen MR) is 132 cm³/mol. The van der Waals surface area contributed by atoms with Gasteiger partial charge in [-0.2, -0.15) is 13.2 Å². The molecule has 0 bridgehead atoms. The summed E-state index contributed by atoms with van der Waals surface area (Å²) in [6.45, 7) is 0.477. The van der Waals surface area contributed by atoms with Crippen molar-refractivity contribution in [3.8, 4) is 22.8 Å². The van der Waals surface area contributed by atoms with E-state index in [0.29, 0.717) is 23.9 Å². The molecule has 1 aromatic carbocycles. The van der Waals surface area contributed by atoms with E-state index in [-0.39, 0.29) is 5.82 Å². The van der Waals surface area contributed by atoms with E-state index in [1.54, 1.807) is 50.4 Å². The van der Waals surface area contributed by atoms with Crippen LogP contribution in [0.5, 0.6) is 0 Å². The van der Waals surface area contributed by atoms with Crippen LogP contribution >= 0.6 is 0 Å². The maximum absolute atomic E-state index is 13.1. The Morgan fingerprint density at radius 3 is 2.53 bits per heavy atom. The van der Waals surface area contributed by atoms with Gasteiger partial charge in [-0.25, -0.2) is 29.9 Å². The lowest BCUT2D eigenvalue weighted by atomic mass is 10.1. The van der Waals surface area contributed by atoms with Crippen molar-refractivity contribution >= 4 is 16.8 Å². The highest BCUT2D eigenvalue weighted by Gasteiger charge is 2.34. The van der Waals surface area contributed by atoms with Crippen LogP contribution < -0.4 is 0 Å². The van der Waals surface area contributed by atoms with Crippen molar-refractivity contribution in [2.75, 3.05) is 0 Å². The largest absolute Gasteiger partial charge is 0.434 e. The van der Waals surface area contributed by atoms with Crippen LogP contribution in [0.1, 0.15) is 35.7 Å². The van der Waals surface area contributed by atoms with Crippen molar-refractivity contribution in [1.82, 2.24) is 43.4 Å². The van der Waals surface area contributed by atoms with E-state index in [0.717, 1.165) is 52.7 Å². The Morgan fingerprint density at radius 2 is 1.79 bits per heavy atom. The molecule has 12 heteroatoms. The highest BCUT2D eigenvalue weighted by atomic mass is 19.4. The maximum Gasteiger partial charge on any atom is 0.434 e. The Kier molecular flexibility index (Phi) is 4.87. The van der Waals surface area contributed by atoms with Crippen LogP contribution in [0.15, 0.2) is 61.7 Å². The van der Waals surface area contributed by atoms with Crippen LogP contribution in [0.3, 0.4) is 0 Å². The van der Waals surface area contributed by atoms with Crippen molar-refractivity contribution in [2.24, 2.45) is 7.05 Å². The first-order valence-electron chi connectivity index (χ1n) is 12.0. The van der Waals surface area contributed by atoms with Gasteiger partial charge in [0.15, 0.2) is 17.2 Å². The third-order valence-electron chi connectivity index (χ3n) is 6.83. The molecule has 0 aliphatic heterocycles. The fraction of sp³-hybridized carbons (Fsp3) is 0.231. The number of aryl methyl sites for hydroxylation is 1. The first-order valence-corrected chi connectivity index (χ1v) is 12.0. The lowest BCUT2D eigenvalue weighted by Gasteiger charge is -2.09. The first kappa shape index (κ1) is 22.6. The summed E-state index contributed by atoms with van der Waals surface area (Å²) in [5.74, 6) is 1.24. The highest BCUT2D eigenvalue weighted by molar-refractivity contribution is 5.79. The molecule has 0 saturated heterocycles. The van der Waals surface area contributed by atoms with E-state index in [9.17, 15) is 13.2 Å². The molecule has 0 amide bonds. The third kappa shape index (κ3) is 3.71. The topological polar surface area (TPSA) is 91.6 Å². The molecule has 38 heavy (non-hydrogen) atoms. The van der Waals surface area contributed by atoms with Crippen LogP contribution in [0, 0.1) is 0 Å². The molecule has 0 radical (unpaired) electrons. The number of hydrogen-bond acceptors (Lipinski definition) is 6. The minimum Gasteiger partial charge on any atom is -0.333 e.